The van der Waals surface area contributed by atoms with E-state index >= 15 is 0 Å². The zero-order chi connectivity index (χ0) is 18.6. The highest BCUT2D eigenvalue weighted by Gasteiger charge is 2.21. The molecule has 0 aromatic heterocycles. The summed E-state index contributed by atoms with van der Waals surface area (Å²) in [7, 11) is 7.60. The molecule has 0 saturated carbocycles. The fourth-order valence-electron chi connectivity index (χ4n) is 2.68. The van der Waals surface area contributed by atoms with E-state index < -0.39 is 0 Å². The third-order valence-electron chi connectivity index (χ3n) is 4.03. The van der Waals surface area contributed by atoms with Gasteiger partial charge in [-0.25, -0.2) is 0 Å². The Morgan fingerprint density at radius 1 is 1.00 bits per heavy atom. The molecule has 0 bridgehead atoms. The highest BCUT2D eigenvalue weighted by molar-refractivity contribution is 6.04. The third-order valence-corrected chi connectivity index (χ3v) is 4.03. The average Bonchev–Trinajstić information content (AvgIpc) is 2.58. The predicted octanol–water partition coefficient (Wildman–Crippen LogP) is 2.93. The van der Waals surface area contributed by atoms with Gasteiger partial charge in [0, 0.05) is 39.6 Å². The first-order chi connectivity index (χ1) is 11.8. The first kappa shape index (κ1) is 18.5. The van der Waals surface area contributed by atoms with Gasteiger partial charge in [0.15, 0.2) is 0 Å². The van der Waals surface area contributed by atoms with Crippen molar-refractivity contribution in [3.63, 3.8) is 0 Å². The van der Waals surface area contributed by atoms with Crippen LogP contribution in [0.2, 0.25) is 0 Å². The quantitative estimate of drug-likeness (QED) is 0.759. The van der Waals surface area contributed by atoms with Crippen LogP contribution in [-0.4, -0.2) is 45.4 Å². The van der Waals surface area contributed by atoms with Gasteiger partial charge in [0.25, 0.3) is 5.91 Å². The largest absolute Gasteiger partial charge is 0.378 e. The average molecular weight is 339 g/mol. The Labute approximate surface area is 149 Å². The van der Waals surface area contributed by atoms with E-state index in [4.69, 9.17) is 0 Å². The molecule has 2 rings (SSSR count). The van der Waals surface area contributed by atoms with Gasteiger partial charge < -0.3 is 9.80 Å². The maximum absolute atomic E-state index is 13.0. The number of nitrogens with zero attached hydrogens (tertiary/aromatic N) is 3. The fraction of sp³-hybridized carbons (Fsp3) is 0.300. The Balaban J connectivity index is 2.38. The Bertz CT molecular complexity index is 769. The number of rotatable bonds is 6. The molecule has 0 saturated heterocycles. The molecule has 2 aromatic carbocycles. The number of imide groups is 1. The van der Waals surface area contributed by atoms with Crippen molar-refractivity contribution >= 4 is 23.7 Å². The van der Waals surface area contributed by atoms with E-state index in [0.29, 0.717) is 12.0 Å². The Hall–Kier alpha value is -2.82. The summed E-state index contributed by atoms with van der Waals surface area (Å²) >= 11 is 0. The Morgan fingerprint density at radius 2 is 1.72 bits per heavy atom. The van der Waals surface area contributed by atoms with E-state index in [1.807, 2.05) is 87.4 Å². The SMILES string of the molecule is Cc1cccc(CN(C=O)C(=O)c2cc(N(C)C)ccc2N(C)C)c1. The molecule has 25 heavy (non-hydrogen) atoms. The molecule has 2 aromatic rings. The minimum absolute atomic E-state index is 0.253. The van der Waals surface area contributed by atoms with Crippen molar-refractivity contribution in [3.05, 3.63) is 59.2 Å². The summed E-state index contributed by atoms with van der Waals surface area (Å²) in [6.07, 6.45) is 0.604. The number of benzene rings is 2. The van der Waals surface area contributed by atoms with E-state index in [-0.39, 0.29) is 12.5 Å². The zero-order valence-corrected chi connectivity index (χ0v) is 15.5. The lowest BCUT2D eigenvalue weighted by molar-refractivity contribution is -0.116. The normalized spacial score (nSPS) is 10.3. The van der Waals surface area contributed by atoms with E-state index in [1.54, 1.807) is 0 Å². The number of amides is 2. The number of hydrogen-bond acceptors (Lipinski definition) is 4. The molecule has 2 amide bonds. The van der Waals surface area contributed by atoms with Crippen LogP contribution in [0.5, 0.6) is 0 Å². The van der Waals surface area contributed by atoms with Crippen molar-refractivity contribution in [2.24, 2.45) is 0 Å². The fourth-order valence-corrected chi connectivity index (χ4v) is 2.68. The van der Waals surface area contributed by atoms with Gasteiger partial charge in [0.2, 0.25) is 6.41 Å². The number of anilines is 2. The van der Waals surface area contributed by atoms with E-state index in [1.165, 1.54) is 4.90 Å². The first-order valence-corrected chi connectivity index (χ1v) is 8.14. The molecular weight excluding hydrogens is 314 g/mol. The van der Waals surface area contributed by atoms with Gasteiger partial charge >= 0.3 is 0 Å². The van der Waals surface area contributed by atoms with Crippen LogP contribution in [0.3, 0.4) is 0 Å². The van der Waals surface area contributed by atoms with Crippen molar-refractivity contribution in [1.29, 1.82) is 0 Å². The molecule has 0 spiro atoms. The van der Waals surface area contributed by atoms with E-state index in [0.717, 1.165) is 22.5 Å². The maximum Gasteiger partial charge on any atom is 0.262 e. The van der Waals surface area contributed by atoms with Gasteiger partial charge in [-0.05, 0) is 30.7 Å². The van der Waals surface area contributed by atoms with E-state index in [2.05, 4.69) is 0 Å². The molecule has 0 fully saturated rings. The summed E-state index contributed by atoms with van der Waals surface area (Å²) in [5.41, 5.74) is 4.23. The monoisotopic (exact) mass is 339 g/mol. The molecule has 5 nitrogen and oxygen atoms in total. The summed E-state index contributed by atoms with van der Waals surface area (Å²) in [6.45, 7) is 2.24. The molecule has 0 heterocycles. The van der Waals surface area contributed by atoms with Crippen molar-refractivity contribution in [3.8, 4) is 0 Å². The maximum atomic E-state index is 13.0. The molecular formula is C20H25N3O2. The summed E-state index contributed by atoms with van der Waals surface area (Å²) < 4.78 is 0. The second-order valence-corrected chi connectivity index (χ2v) is 6.52. The van der Waals surface area contributed by atoms with Crippen LogP contribution in [0.4, 0.5) is 11.4 Å². The summed E-state index contributed by atoms with van der Waals surface area (Å²) in [5, 5.41) is 0. The van der Waals surface area contributed by atoms with Crippen LogP contribution in [0, 0.1) is 6.92 Å². The minimum Gasteiger partial charge on any atom is -0.378 e. The molecule has 132 valence electrons. The molecule has 0 atom stereocenters. The predicted molar refractivity (Wildman–Crippen MR) is 102 cm³/mol. The summed E-state index contributed by atoms with van der Waals surface area (Å²) in [5.74, 6) is -0.302. The van der Waals surface area contributed by atoms with Gasteiger partial charge in [0.1, 0.15) is 0 Å². The van der Waals surface area contributed by atoms with Crippen molar-refractivity contribution in [1.82, 2.24) is 4.90 Å². The van der Waals surface area contributed by atoms with Gasteiger partial charge in [-0.3, -0.25) is 14.5 Å². The Morgan fingerprint density at radius 3 is 2.28 bits per heavy atom. The number of carbonyl (C=O) groups excluding carboxylic acids is 2. The molecule has 0 aliphatic heterocycles. The van der Waals surface area contributed by atoms with Crippen molar-refractivity contribution < 1.29 is 9.59 Å². The van der Waals surface area contributed by atoms with Crippen LogP contribution in [0.25, 0.3) is 0 Å². The van der Waals surface area contributed by atoms with Crippen molar-refractivity contribution in [2.75, 3.05) is 38.0 Å². The minimum atomic E-state index is -0.302. The molecule has 0 aliphatic carbocycles. The number of carbonyl (C=O) groups is 2. The standard InChI is InChI=1S/C20H25N3O2/c1-15-7-6-8-16(11-15)13-23(14-24)20(25)18-12-17(21(2)3)9-10-19(18)22(4)5/h6-12,14H,13H2,1-5H3. The topological polar surface area (TPSA) is 43.9 Å². The lowest BCUT2D eigenvalue weighted by atomic mass is 10.1. The lowest BCUT2D eigenvalue weighted by Gasteiger charge is -2.23. The van der Waals surface area contributed by atoms with Crippen LogP contribution >= 0.6 is 0 Å². The highest BCUT2D eigenvalue weighted by Crippen LogP contribution is 2.26. The Kier molecular flexibility index (Phi) is 5.80. The van der Waals surface area contributed by atoms with Crippen molar-refractivity contribution in [2.45, 2.75) is 13.5 Å². The zero-order valence-electron chi connectivity index (χ0n) is 15.5. The van der Waals surface area contributed by atoms with Crippen LogP contribution in [0.15, 0.2) is 42.5 Å². The molecule has 0 radical (unpaired) electrons. The third kappa shape index (κ3) is 4.38. The summed E-state index contributed by atoms with van der Waals surface area (Å²) in [6, 6.07) is 13.5. The van der Waals surface area contributed by atoms with Gasteiger partial charge in [0.05, 0.1) is 12.1 Å². The van der Waals surface area contributed by atoms with Gasteiger partial charge in [-0.1, -0.05) is 29.8 Å². The lowest BCUT2D eigenvalue weighted by Crippen LogP contribution is -2.30. The van der Waals surface area contributed by atoms with E-state index in [9.17, 15) is 9.59 Å². The highest BCUT2D eigenvalue weighted by atomic mass is 16.2. The molecule has 0 aliphatic rings. The molecule has 5 heteroatoms. The van der Waals surface area contributed by atoms with Crippen LogP contribution in [-0.2, 0) is 11.3 Å². The number of hydrogen-bond donors (Lipinski definition) is 0. The van der Waals surface area contributed by atoms with Crippen LogP contribution < -0.4 is 9.80 Å². The van der Waals surface area contributed by atoms with Gasteiger partial charge in [-0.15, -0.1) is 0 Å². The second kappa shape index (κ2) is 7.83. The van der Waals surface area contributed by atoms with Gasteiger partial charge in [-0.2, -0.15) is 0 Å². The second-order valence-electron chi connectivity index (χ2n) is 6.52. The number of aryl methyl sites for hydroxylation is 1. The van der Waals surface area contributed by atoms with Crippen LogP contribution in [0.1, 0.15) is 21.5 Å². The molecule has 0 N–H and O–H groups in total. The molecule has 0 unspecified atom stereocenters. The smallest absolute Gasteiger partial charge is 0.262 e. The summed E-state index contributed by atoms with van der Waals surface area (Å²) in [4.78, 5) is 29.6. The first-order valence-electron chi connectivity index (χ1n) is 8.14.